The molecular formula is C11H16N4O2S. The Labute approximate surface area is 109 Å². The van der Waals surface area contributed by atoms with Crippen molar-refractivity contribution in [3.63, 3.8) is 0 Å². The van der Waals surface area contributed by atoms with Crippen LogP contribution in [0.5, 0.6) is 0 Å². The van der Waals surface area contributed by atoms with E-state index in [-0.39, 0.29) is 12.2 Å². The van der Waals surface area contributed by atoms with Gasteiger partial charge in [-0.25, -0.2) is 4.98 Å². The van der Waals surface area contributed by atoms with Crippen molar-refractivity contribution in [3.8, 4) is 0 Å². The third kappa shape index (κ3) is 2.74. The van der Waals surface area contributed by atoms with E-state index in [4.69, 9.17) is 5.11 Å². The van der Waals surface area contributed by atoms with Crippen LogP contribution in [-0.4, -0.2) is 44.8 Å². The summed E-state index contributed by atoms with van der Waals surface area (Å²) in [6.45, 7) is 3.20. The maximum Gasteiger partial charge on any atom is 0.275 e. The minimum Gasteiger partial charge on any atom is -0.395 e. The first kappa shape index (κ1) is 13.1. The monoisotopic (exact) mass is 268 g/mol. The molecule has 6 nitrogen and oxygen atoms in total. The second-order valence-electron chi connectivity index (χ2n) is 4.09. The zero-order valence-electron chi connectivity index (χ0n) is 10.5. The van der Waals surface area contributed by atoms with Crippen LogP contribution in [0, 0.1) is 0 Å². The quantitative estimate of drug-likeness (QED) is 0.835. The van der Waals surface area contributed by atoms with E-state index in [9.17, 15) is 4.79 Å². The Kier molecular flexibility index (Phi) is 4.05. The van der Waals surface area contributed by atoms with Gasteiger partial charge in [-0.15, -0.1) is 0 Å². The molecule has 0 atom stereocenters. The van der Waals surface area contributed by atoms with Gasteiger partial charge in [-0.05, 0) is 13.5 Å². The van der Waals surface area contributed by atoms with Gasteiger partial charge in [0.25, 0.3) is 5.56 Å². The van der Waals surface area contributed by atoms with Crippen LogP contribution in [0.3, 0.4) is 0 Å². The lowest BCUT2D eigenvalue weighted by Gasteiger charge is -2.13. The zero-order valence-corrected chi connectivity index (χ0v) is 11.3. The molecule has 1 N–H and O–H groups in total. The average molecular weight is 268 g/mol. The number of likely N-dealkylation sites (N-methyl/N-ethyl adjacent to an activating group) is 1. The van der Waals surface area contributed by atoms with Crippen molar-refractivity contribution >= 4 is 16.3 Å². The summed E-state index contributed by atoms with van der Waals surface area (Å²) >= 11 is 1.44. The molecule has 0 saturated carbocycles. The van der Waals surface area contributed by atoms with E-state index in [0.29, 0.717) is 23.7 Å². The molecule has 0 spiro atoms. The van der Waals surface area contributed by atoms with Crippen LogP contribution < -0.4 is 5.56 Å². The molecule has 0 unspecified atom stereocenters. The van der Waals surface area contributed by atoms with Crippen molar-refractivity contribution in [2.75, 3.05) is 20.2 Å². The topological polar surface area (TPSA) is 70.7 Å². The molecule has 0 radical (unpaired) electrons. The van der Waals surface area contributed by atoms with Crippen molar-refractivity contribution in [3.05, 3.63) is 27.1 Å². The van der Waals surface area contributed by atoms with Crippen LogP contribution in [0.15, 0.2) is 10.9 Å². The number of nitrogens with zero attached hydrogens (tertiary/aromatic N) is 4. The van der Waals surface area contributed by atoms with Crippen LogP contribution >= 0.6 is 11.3 Å². The Balaban J connectivity index is 2.33. The molecule has 2 aromatic heterocycles. The SMILES string of the molecule is CCc1nn2c(=O)cc(CN(C)CCO)nc2s1. The molecule has 7 heteroatoms. The van der Waals surface area contributed by atoms with Gasteiger partial charge in [-0.1, -0.05) is 18.3 Å². The zero-order chi connectivity index (χ0) is 13.1. The number of aliphatic hydroxyl groups excluding tert-OH is 1. The summed E-state index contributed by atoms with van der Waals surface area (Å²) in [4.78, 5) is 18.8. The van der Waals surface area contributed by atoms with Gasteiger partial charge < -0.3 is 5.11 Å². The number of fused-ring (bicyclic) bond motifs is 1. The van der Waals surface area contributed by atoms with Crippen LogP contribution in [0.2, 0.25) is 0 Å². The highest BCUT2D eigenvalue weighted by Gasteiger charge is 2.09. The van der Waals surface area contributed by atoms with E-state index >= 15 is 0 Å². The van der Waals surface area contributed by atoms with Gasteiger partial charge in [-0.2, -0.15) is 9.61 Å². The average Bonchev–Trinajstić information content (AvgIpc) is 2.72. The van der Waals surface area contributed by atoms with Crippen LogP contribution in [0.4, 0.5) is 0 Å². The molecule has 0 aliphatic carbocycles. The fourth-order valence-corrected chi connectivity index (χ4v) is 2.50. The number of aliphatic hydroxyl groups is 1. The lowest BCUT2D eigenvalue weighted by molar-refractivity contribution is 0.216. The first-order valence-electron chi connectivity index (χ1n) is 5.82. The van der Waals surface area contributed by atoms with E-state index in [1.807, 2.05) is 18.9 Å². The summed E-state index contributed by atoms with van der Waals surface area (Å²) < 4.78 is 1.35. The molecule has 0 aliphatic rings. The van der Waals surface area contributed by atoms with E-state index in [1.54, 1.807) is 0 Å². The standard InChI is InChI=1S/C11H16N4O2S/c1-3-9-13-15-10(17)6-8(12-11(15)18-9)7-14(2)4-5-16/h6,16H,3-5,7H2,1-2H3. The Morgan fingerprint density at radius 3 is 3.00 bits per heavy atom. The van der Waals surface area contributed by atoms with Crippen molar-refractivity contribution in [2.24, 2.45) is 0 Å². The number of rotatable bonds is 5. The highest BCUT2D eigenvalue weighted by molar-refractivity contribution is 7.16. The number of aromatic nitrogens is 3. The summed E-state index contributed by atoms with van der Waals surface area (Å²) in [6.07, 6.45) is 0.799. The fraction of sp³-hybridized carbons (Fsp3) is 0.545. The van der Waals surface area contributed by atoms with Gasteiger partial charge >= 0.3 is 0 Å². The van der Waals surface area contributed by atoms with Gasteiger partial charge in [0.2, 0.25) is 4.96 Å². The molecule has 98 valence electrons. The van der Waals surface area contributed by atoms with E-state index in [2.05, 4.69) is 10.1 Å². The molecule has 2 aromatic rings. The maximum atomic E-state index is 11.9. The van der Waals surface area contributed by atoms with Crippen LogP contribution in [-0.2, 0) is 13.0 Å². The van der Waals surface area contributed by atoms with Crippen molar-refractivity contribution in [1.82, 2.24) is 19.5 Å². The summed E-state index contributed by atoms with van der Waals surface area (Å²) in [7, 11) is 1.88. The molecule has 2 rings (SSSR count). The number of hydrogen-bond donors (Lipinski definition) is 1. The Hall–Kier alpha value is -1.31. The number of aryl methyl sites for hydroxylation is 1. The van der Waals surface area contributed by atoms with Crippen LogP contribution in [0.1, 0.15) is 17.6 Å². The molecule has 0 amide bonds. The fourth-order valence-electron chi connectivity index (χ4n) is 1.65. The molecule has 0 aliphatic heterocycles. The molecular weight excluding hydrogens is 252 g/mol. The molecule has 0 aromatic carbocycles. The highest BCUT2D eigenvalue weighted by atomic mass is 32.1. The minimum atomic E-state index is -0.150. The first-order chi connectivity index (χ1) is 8.63. The third-order valence-corrected chi connectivity index (χ3v) is 3.61. The van der Waals surface area contributed by atoms with E-state index in [1.165, 1.54) is 21.9 Å². The summed E-state index contributed by atoms with van der Waals surface area (Å²) in [5, 5.41) is 13.9. The third-order valence-electron chi connectivity index (χ3n) is 2.56. The maximum absolute atomic E-state index is 11.9. The smallest absolute Gasteiger partial charge is 0.275 e. The van der Waals surface area contributed by atoms with E-state index < -0.39 is 0 Å². The summed E-state index contributed by atoms with van der Waals surface area (Å²) in [6, 6.07) is 1.50. The Morgan fingerprint density at radius 1 is 1.56 bits per heavy atom. The van der Waals surface area contributed by atoms with Gasteiger partial charge in [0.1, 0.15) is 5.01 Å². The Bertz CT molecular complexity index is 592. The summed E-state index contributed by atoms with van der Waals surface area (Å²) in [5.41, 5.74) is 0.561. The second-order valence-corrected chi connectivity index (χ2v) is 5.13. The largest absolute Gasteiger partial charge is 0.395 e. The van der Waals surface area contributed by atoms with Gasteiger partial charge in [0.05, 0.1) is 12.3 Å². The highest BCUT2D eigenvalue weighted by Crippen LogP contribution is 2.12. The molecule has 2 heterocycles. The lowest BCUT2D eigenvalue weighted by atomic mass is 10.4. The van der Waals surface area contributed by atoms with Crippen LogP contribution in [0.25, 0.3) is 4.96 Å². The van der Waals surface area contributed by atoms with E-state index in [0.717, 1.165) is 11.4 Å². The minimum absolute atomic E-state index is 0.0955. The van der Waals surface area contributed by atoms with Crippen molar-refractivity contribution < 1.29 is 5.11 Å². The molecule has 0 saturated heterocycles. The number of hydrogen-bond acceptors (Lipinski definition) is 6. The summed E-state index contributed by atoms with van der Waals surface area (Å²) in [5.74, 6) is 0. The molecule has 18 heavy (non-hydrogen) atoms. The van der Waals surface area contributed by atoms with Crippen molar-refractivity contribution in [1.29, 1.82) is 0 Å². The lowest BCUT2D eigenvalue weighted by Crippen LogP contribution is -2.24. The second kappa shape index (κ2) is 5.55. The normalized spacial score (nSPS) is 11.6. The molecule has 0 bridgehead atoms. The predicted molar refractivity (Wildman–Crippen MR) is 69.9 cm³/mol. The Morgan fingerprint density at radius 2 is 2.33 bits per heavy atom. The molecule has 0 fully saturated rings. The van der Waals surface area contributed by atoms with Crippen molar-refractivity contribution in [2.45, 2.75) is 19.9 Å². The predicted octanol–water partition coefficient (Wildman–Crippen LogP) is 0.138. The van der Waals surface area contributed by atoms with Gasteiger partial charge in [0.15, 0.2) is 0 Å². The first-order valence-corrected chi connectivity index (χ1v) is 6.63. The van der Waals surface area contributed by atoms with Gasteiger partial charge in [0, 0.05) is 19.2 Å². The van der Waals surface area contributed by atoms with Gasteiger partial charge in [-0.3, -0.25) is 9.69 Å².